The van der Waals surface area contributed by atoms with Gasteiger partial charge < -0.3 is 10.6 Å². The van der Waals surface area contributed by atoms with E-state index in [9.17, 15) is 4.79 Å². The Labute approximate surface area is 93.0 Å². The van der Waals surface area contributed by atoms with Crippen LogP contribution in [-0.2, 0) is 4.79 Å². The highest BCUT2D eigenvalue weighted by molar-refractivity contribution is 5.79. The lowest BCUT2D eigenvalue weighted by atomic mass is 9.94. The van der Waals surface area contributed by atoms with Crippen LogP contribution in [0.2, 0.25) is 0 Å². The van der Waals surface area contributed by atoms with Gasteiger partial charge in [-0.2, -0.15) is 0 Å². The predicted molar refractivity (Wildman–Crippen MR) is 62.5 cm³/mol. The molecule has 88 valence electrons. The molecule has 0 radical (unpaired) electrons. The molecule has 3 nitrogen and oxygen atoms in total. The molecule has 0 bridgehead atoms. The van der Waals surface area contributed by atoms with Crippen LogP contribution in [0.1, 0.15) is 45.4 Å². The van der Waals surface area contributed by atoms with Crippen molar-refractivity contribution in [2.24, 2.45) is 11.7 Å². The van der Waals surface area contributed by atoms with E-state index in [1.54, 1.807) is 0 Å². The molecule has 0 heterocycles. The second-order valence-electron chi connectivity index (χ2n) is 4.67. The first-order valence-electron chi connectivity index (χ1n) is 6.17. The smallest absolute Gasteiger partial charge is 0.226 e. The topological polar surface area (TPSA) is 46.3 Å². The first kappa shape index (κ1) is 12.5. The number of amides is 1. The van der Waals surface area contributed by atoms with Crippen molar-refractivity contribution in [3.63, 3.8) is 0 Å². The number of rotatable bonds is 3. The summed E-state index contributed by atoms with van der Waals surface area (Å²) in [5.74, 6) is 0.329. The molecule has 1 amide bonds. The Balaban J connectivity index is 2.55. The monoisotopic (exact) mass is 212 g/mol. The molecule has 2 atom stereocenters. The molecule has 1 fully saturated rings. The molecule has 1 rings (SSSR count). The summed E-state index contributed by atoms with van der Waals surface area (Å²) < 4.78 is 0. The van der Waals surface area contributed by atoms with Crippen molar-refractivity contribution in [3.05, 3.63) is 0 Å². The number of nitrogens with two attached hydrogens (primary N) is 1. The summed E-state index contributed by atoms with van der Waals surface area (Å²) in [6.45, 7) is 2.94. The zero-order chi connectivity index (χ0) is 11.3. The van der Waals surface area contributed by atoms with Crippen molar-refractivity contribution in [1.82, 2.24) is 4.90 Å². The fourth-order valence-electron chi connectivity index (χ4n) is 2.37. The van der Waals surface area contributed by atoms with Gasteiger partial charge in [-0.15, -0.1) is 0 Å². The van der Waals surface area contributed by atoms with Crippen molar-refractivity contribution in [2.75, 3.05) is 13.6 Å². The summed E-state index contributed by atoms with van der Waals surface area (Å²) in [6.07, 6.45) is 6.58. The van der Waals surface area contributed by atoms with Crippen LogP contribution < -0.4 is 5.73 Å². The molecule has 0 unspecified atom stereocenters. The SMILES string of the molecule is CCCN(C)C(=O)[C@@H]1CCCCC[C@H]1N. The van der Waals surface area contributed by atoms with Gasteiger partial charge in [-0.05, 0) is 19.3 Å². The van der Waals surface area contributed by atoms with Crippen LogP contribution in [-0.4, -0.2) is 30.4 Å². The standard InChI is InChI=1S/C12H24N2O/c1-3-9-14(2)12(15)10-7-5-4-6-8-11(10)13/h10-11H,3-9,13H2,1-2H3/t10-,11-/m1/s1. The predicted octanol–water partition coefficient (Wildman–Crippen LogP) is 1.76. The van der Waals surface area contributed by atoms with Crippen LogP contribution in [0.25, 0.3) is 0 Å². The fraction of sp³-hybridized carbons (Fsp3) is 0.917. The molecule has 0 aliphatic heterocycles. The van der Waals surface area contributed by atoms with E-state index in [1.165, 1.54) is 12.8 Å². The molecule has 0 saturated heterocycles. The van der Waals surface area contributed by atoms with Gasteiger partial charge in [0, 0.05) is 19.6 Å². The third-order valence-electron chi connectivity index (χ3n) is 3.32. The third kappa shape index (κ3) is 3.49. The second-order valence-corrected chi connectivity index (χ2v) is 4.67. The van der Waals surface area contributed by atoms with E-state index in [2.05, 4.69) is 6.92 Å². The lowest BCUT2D eigenvalue weighted by Gasteiger charge is -2.26. The van der Waals surface area contributed by atoms with Crippen LogP contribution >= 0.6 is 0 Å². The maximum atomic E-state index is 12.1. The van der Waals surface area contributed by atoms with Gasteiger partial charge in [0.25, 0.3) is 0 Å². The van der Waals surface area contributed by atoms with Crippen molar-refractivity contribution in [3.8, 4) is 0 Å². The van der Waals surface area contributed by atoms with Crippen molar-refractivity contribution >= 4 is 5.91 Å². The minimum absolute atomic E-state index is 0.0732. The van der Waals surface area contributed by atoms with Gasteiger partial charge >= 0.3 is 0 Å². The van der Waals surface area contributed by atoms with E-state index in [0.717, 1.165) is 32.2 Å². The van der Waals surface area contributed by atoms with Crippen LogP contribution in [0.15, 0.2) is 0 Å². The molecule has 1 aliphatic rings. The normalized spacial score (nSPS) is 27.1. The zero-order valence-electron chi connectivity index (χ0n) is 10.0. The molecule has 0 aromatic carbocycles. The van der Waals surface area contributed by atoms with E-state index in [0.29, 0.717) is 0 Å². The van der Waals surface area contributed by atoms with Crippen LogP contribution in [0.5, 0.6) is 0 Å². The molecule has 1 aliphatic carbocycles. The summed E-state index contributed by atoms with van der Waals surface area (Å²) in [5.41, 5.74) is 6.07. The number of nitrogens with zero attached hydrogens (tertiary/aromatic N) is 1. The van der Waals surface area contributed by atoms with Crippen LogP contribution in [0.4, 0.5) is 0 Å². The maximum absolute atomic E-state index is 12.1. The maximum Gasteiger partial charge on any atom is 0.226 e. The minimum Gasteiger partial charge on any atom is -0.345 e. The quantitative estimate of drug-likeness (QED) is 0.725. The van der Waals surface area contributed by atoms with Gasteiger partial charge in [-0.3, -0.25) is 4.79 Å². The molecular formula is C12H24N2O. The Morgan fingerprint density at radius 3 is 2.67 bits per heavy atom. The summed E-state index contributed by atoms with van der Waals surface area (Å²) >= 11 is 0. The first-order valence-corrected chi connectivity index (χ1v) is 6.17. The number of carbonyl (C=O) groups excluding carboxylic acids is 1. The summed E-state index contributed by atoms with van der Waals surface area (Å²) in [6, 6.07) is 0.0827. The van der Waals surface area contributed by atoms with E-state index in [1.807, 2.05) is 11.9 Å². The van der Waals surface area contributed by atoms with Crippen molar-refractivity contribution in [2.45, 2.75) is 51.5 Å². The lowest BCUT2D eigenvalue weighted by Crippen LogP contribution is -2.42. The Kier molecular flexibility index (Phi) is 5.09. The summed E-state index contributed by atoms with van der Waals surface area (Å²) in [4.78, 5) is 13.9. The highest BCUT2D eigenvalue weighted by atomic mass is 16.2. The molecule has 0 spiro atoms. The fourth-order valence-corrected chi connectivity index (χ4v) is 2.37. The van der Waals surface area contributed by atoms with Gasteiger partial charge in [0.15, 0.2) is 0 Å². The average Bonchev–Trinajstić information content (AvgIpc) is 2.42. The molecule has 3 heteroatoms. The third-order valence-corrected chi connectivity index (χ3v) is 3.32. The zero-order valence-corrected chi connectivity index (χ0v) is 10.0. The second kappa shape index (κ2) is 6.11. The number of hydrogen-bond donors (Lipinski definition) is 1. The Morgan fingerprint density at radius 1 is 1.33 bits per heavy atom. The minimum atomic E-state index is 0.0732. The average molecular weight is 212 g/mol. The number of hydrogen-bond acceptors (Lipinski definition) is 2. The Bertz CT molecular complexity index is 206. The van der Waals surface area contributed by atoms with Gasteiger partial charge in [0.2, 0.25) is 5.91 Å². The first-order chi connectivity index (χ1) is 7.16. The van der Waals surface area contributed by atoms with Crippen LogP contribution in [0.3, 0.4) is 0 Å². The number of carbonyl (C=O) groups is 1. The molecule has 0 aromatic heterocycles. The van der Waals surface area contributed by atoms with E-state index < -0.39 is 0 Å². The van der Waals surface area contributed by atoms with Crippen molar-refractivity contribution in [1.29, 1.82) is 0 Å². The summed E-state index contributed by atoms with van der Waals surface area (Å²) in [7, 11) is 1.89. The summed E-state index contributed by atoms with van der Waals surface area (Å²) in [5, 5.41) is 0. The van der Waals surface area contributed by atoms with Crippen molar-refractivity contribution < 1.29 is 4.79 Å². The van der Waals surface area contributed by atoms with Crippen LogP contribution in [0, 0.1) is 5.92 Å². The highest BCUT2D eigenvalue weighted by Gasteiger charge is 2.28. The van der Waals surface area contributed by atoms with E-state index in [4.69, 9.17) is 5.73 Å². The molecule has 1 saturated carbocycles. The molecule has 2 N–H and O–H groups in total. The van der Waals surface area contributed by atoms with Gasteiger partial charge in [0.05, 0.1) is 5.92 Å². The Morgan fingerprint density at radius 2 is 2.00 bits per heavy atom. The Hall–Kier alpha value is -0.570. The largest absolute Gasteiger partial charge is 0.345 e. The molecule has 0 aromatic rings. The lowest BCUT2D eigenvalue weighted by molar-refractivity contribution is -0.135. The highest BCUT2D eigenvalue weighted by Crippen LogP contribution is 2.23. The van der Waals surface area contributed by atoms with Gasteiger partial charge in [-0.25, -0.2) is 0 Å². The van der Waals surface area contributed by atoms with Gasteiger partial charge in [0.1, 0.15) is 0 Å². The molecule has 15 heavy (non-hydrogen) atoms. The van der Waals surface area contributed by atoms with Gasteiger partial charge in [-0.1, -0.05) is 26.2 Å². The molecular weight excluding hydrogens is 188 g/mol. The van der Waals surface area contributed by atoms with E-state index >= 15 is 0 Å². The van der Waals surface area contributed by atoms with E-state index in [-0.39, 0.29) is 17.9 Å².